The number of aromatic nitrogens is 1. The number of ether oxygens (including phenoxy) is 1. The Morgan fingerprint density at radius 1 is 1.55 bits per heavy atom. The number of hydrogen-bond donors (Lipinski definition) is 3. The second-order valence-corrected chi connectivity index (χ2v) is 5.06. The number of aliphatic hydroxyl groups is 1. The first kappa shape index (κ1) is 13.0. The summed E-state index contributed by atoms with van der Waals surface area (Å²) in [6.07, 6.45) is -0.232. The zero-order valence-corrected chi connectivity index (χ0v) is 11.1. The minimum atomic E-state index is -0.500. The standard InChI is InChI=1S/C13H17N3O4/c1-7-6-19-8(5-17)4-16(7)11-3-10-12(2-9(11)14)20-13(18)15-10/h2-3,7-8,17H,4-6,14H2,1H3,(H,15,18). The Bertz CT molecular complexity index is 678. The lowest BCUT2D eigenvalue weighted by molar-refractivity contribution is -0.0102. The number of benzene rings is 1. The lowest BCUT2D eigenvalue weighted by atomic mass is 10.1. The third kappa shape index (κ3) is 2.14. The summed E-state index contributed by atoms with van der Waals surface area (Å²) in [5.41, 5.74) is 8.45. The minimum Gasteiger partial charge on any atom is -0.408 e. The SMILES string of the molecule is CC1COC(CO)CN1c1cc2[nH]c(=O)oc2cc1N. The highest BCUT2D eigenvalue weighted by Gasteiger charge is 2.27. The van der Waals surface area contributed by atoms with Crippen LogP contribution in [-0.2, 0) is 4.74 Å². The van der Waals surface area contributed by atoms with Crippen molar-refractivity contribution >= 4 is 22.5 Å². The lowest BCUT2D eigenvalue weighted by Crippen LogP contribution is -2.49. The number of hydrogen-bond acceptors (Lipinski definition) is 6. The van der Waals surface area contributed by atoms with E-state index in [9.17, 15) is 9.90 Å². The van der Waals surface area contributed by atoms with Crippen molar-refractivity contribution < 1.29 is 14.3 Å². The molecule has 2 heterocycles. The van der Waals surface area contributed by atoms with Gasteiger partial charge in [0.15, 0.2) is 5.58 Å². The first-order valence-corrected chi connectivity index (χ1v) is 6.50. The predicted molar refractivity (Wildman–Crippen MR) is 74.9 cm³/mol. The van der Waals surface area contributed by atoms with Crippen molar-refractivity contribution in [2.75, 3.05) is 30.4 Å². The summed E-state index contributed by atoms with van der Waals surface area (Å²) in [5.74, 6) is -0.500. The number of nitrogens with zero attached hydrogens (tertiary/aromatic N) is 1. The lowest BCUT2D eigenvalue weighted by Gasteiger charge is -2.39. The van der Waals surface area contributed by atoms with Crippen LogP contribution in [0.25, 0.3) is 11.1 Å². The summed E-state index contributed by atoms with van der Waals surface area (Å²) in [5, 5.41) is 9.24. The van der Waals surface area contributed by atoms with Crippen LogP contribution in [-0.4, -0.2) is 42.0 Å². The number of rotatable bonds is 2. The molecule has 7 heteroatoms. The van der Waals surface area contributed by atoms with E-state index in [2.05, 4.69) is 9.88 Å². The molecule has 0 bridgehead atoms. The summed E-state index contributed by atoms with van der Waals surface area (Å²) >= 11 is 0. The molecule has 0 saturated carbocycles. The molecule has 1 aromatic heterocycles. The molecule has 2 unspecified atom stereocenters. The molecule has 2 aromatic rings. The van der Waals surface area contributed by atoms with Gasteiger partial charge in [-0.2, -0.15) is 0 Å². The van der Waals surface area contributed by atoms with Gasteiger partial charge in [0.1, 0.15) is 0 Å². The molecule has 1 saturated heterocycles. The first-order valence-electron chi connectivity index (χ1n) is 6.50. The topological polar surface area (TPSA) is 105 Å². The van der Waals surface area contributed by atoms with E-state index in [4.69, 9.17) is 14.9 Å². The van der Waals surface area contributed by atoms with E-state index in [1.54, 1.807) is 12.1 Å². The van der Waals surface area contributed by atoms with Gasteiger partial charge in [-0.15, -0.1) is 0 Å². The Kier molecular flexibility index (Phi) is 3.15. The van der Waals surface area contributed by atoms with E-state index < -0.39 is 5.76 Å². The van der Waals surface area contributed by atoms with Crippen LogP contribution in [0, 0.1) is 0 Å². The van der Waals surface area contributed by atoms with Gasteiger partial charge in [-0.3, -0.25) is 4.98 Å². The largest absolute Gasteiger partial charge is 0.417 e. The Balaban J connectivity index is 2.03. The Labute approximate surface area is 114 Å². The molecule has 1 aliphatic rings. The highest BCUT2D eigenvalue weighted by Crippen LogP contribution is 2.31. The number of morpholine rings is 1. The van der Waals surface area contributed by atoms with Crippen LogP contribution in [0.15, 0.2) is 21.3 Å². The Morgan fingerprint density at radius 3 is 3.10 bits per heavy atom. The van der Waals surface area contributed by atoms with E-state index in [0.717, 1.165) is 5.69 Å². The molecule has 1 aromatic carbocycles. The number of aromatic amines is 1. The van der Waals surface area contributed by atoms with Crippen LogP contribution in [0.2, 0.25) is 0 Å². The molecule has 0 aliphatic carbocycles. The van der Waals surface area contributed by atoms with Gasteiger partial charge in [-0.25, -0.2) is 4.79 Å². The van der Waals surface area contributed by atoms with Crippen molar-refractivity contribution in [3.8, 4) is 0 Å². The molecule has 20 heavy (non-hydrogen) atoms. The zero-order chi connectivity index (χ0) is 14.3. The minimum absolute atomic E-state index is 0.0338. The summed E-state index contributed by atoms with van der Waals surface area (Å²) in [7, 11) is 0. The van der Waals surface area contributed by atoms with Gasteiger partial charge in [0.25, 0.3) is 0 Å². The summed E-state index contributed by atoms with van der Waals surface area (Å²) in [6.45, 7) is 3.06. The van der Waals surface area contributed by atoms with E-state index in [1.807, 2.05) is 6.92 Å². The number of fused-ring (bicyclic) bond motifs is 1. The second kappa shape index (κ2) is 4.84. The fourth-order valence-corrected chi connectivity index (χ4v) is 2.51. The monoisotopic (exact) mass is 279 g/mol. The van der Waals surface area contributed by atoms with Gasteiger partial charge in [-0.1, -0.05) is 0 Å². The second-order valence-electron chi connectivity index (χ2n) is 5.06. The van der Waals surface area contributed by atoms with Gasteiger partial charge in [0.2, 0.25) is 0 Å². The third-order valence-electron chi connectivity index (χ3n) is 3.59. The molecule has 1 aliphatic heterocycles. The molecule has 4 N–H and O–H groups in total. The number of oxazole rings is 1. The van der Waals surface area contributed by atoms with Crippen LogP contribution in [0.1, 0.15) is 6.92 Å². The number of nitrogens with one attached hydrogen (secondary N) is 1. The van der Waals surface area contributed by atoms with Crippen LogP contribution >= 0.6 is 0 Å². The molecule has 0 amide bonds. The van der Waals surface area contributed by atoms with E-state index in [-0.39, 0.29) is 18.8 Å². The molecular weight excluding hydrogens is 262 g/mol. The maximum Gasteiger partial charge on any atom is 0.417 e. The molecule has 108 valence electrons. The van der Waals surface area contributed by atoms with E-state index in [0.29, 0.717) is 29.9 Å². The van der Waals surface area contributed by atoms with Gasteiger partial charge in [-0.05, 0) is 13.0 Å². The van der Waals surface area contributed by atoms with Gasteiger partial charge in [0.05, 0.1) is 36.2 Å². The molecule has 0 radical (unpaired) electrons. The van der Waals surface area contributed by atoms with Crippen molar-refractivity contribution in [2.24, 2.45) is 0 Å². The number of nitrogen functional groups attached to an aromatic ring is 1. The molecule has 1 fully saturated rings. The van der Waals surface area contributed by atoms with E-state index in [1.165, 1.54) is 0 Å². The molecular formula is C13H17N3O4. The predicted octanol–water partition coefficient (Wildman–Crippen LogP) is 0.289. The fourth-order valence-electron chi connectivity index (χ4n) is 2.51. The zero-order valence-electron chi connectivity index (χ0n) is 11.1. The van der Waals surface area contributed by atoms with Crippen molar-refractivity contribution in [1.29, 1.82) is 0 Å². The highest BCUT2D eigenvalue weighted by atomic mass is 16.5. The maximum atomic E-state index is 11.2. The molecule has 0 spiro atoms. The quantitative estimate of drug-likeness (QED) is 0.682. The van der Waals surface area contributed by atoms with E-state index >= 15 is 0 Å². The van der Waals surface area contributed by atoms with Gasteiger partial charge < -0.3 is 24.9 Å². The summed E-state index contributed by atoms with van der Waals surface area (Å²) in [4.78, 5) is 15.9. The average Bonchev–Trinajstić information content (AvgIpc) is 2.78. The van der Waals surface area contributed by atoms with Crippen molar-refractivity contribution in [3.05, 3.63) is 22.7 Å². The number of H-pyrrole nitrogens is 1. The highest BCUT2D eigenvalue weighted by molar-refractivity contribution is 5.85. The van der Waals surface area contributed by atoms with Crippen LogP contribution in [0.5, 0.6) is 0 Å². The van der Waals surface area contributed by atoms with Gasteiger partial charge >= 0.3 is 5.76 Å². The van der Waals surface area contributed by atoms with Crippen LogP contribution in [0.3, 0.4) is 0 Å². The number of anilines is 2. The number of aliphatic hydroxyl groups excluding tert-OH is 1. The van der Waals surface area contributed by atoms with Crippen molar-refractivity contribution in [2.45, 2.75) is 19.1 Å². The molecule has 2 atom stereocenters. The molecule has 3 rings (SSSR count). The maximum absolute atomic E-state index is 11.2. The molecule has 7 nitrogen and oxygen atoms in total. The van der Waals surface area contributed by atoms with Gasteiger partial charge in [0, 0.05) is 18.7 Å². The number of nitrogens with two attached hydrogens (primary N) is 1. The normalized spacial score (nSPS) is 23.4. The van der Waals surface area contributed by atoms with Crippen LogP contribution in [0.4, 0.5) is 11.4 Å². The first-order chi connectivity index (χ1) is 9.58. The third-order valence-corrected chi connectivity index (χ3v) is 3.59. The summed E-state index contributed by atoms with van der Waals surface area (Å²) < 4.78 is 10.5. The van der Waals surface area contributed by atoms with Crippen LogP contribution < -0.4 is 16.4 Å². The Morgan fingerprint density at radius 2 is 2.35 bits per heavy atom. The van der Waals surface area contributed by atoms with Crippen molar-refractivity contribution in [3.63, 3.8) is 0 Å². The summed E-state index contributed by atoms with van der Waals surface area (Å²) in [6, 6.07) is 3.57. The average molecular weight is 279 g/mol. The van der Waals surface area contributed by atoms with Crippen molar-refractivity contribution in [1.82, 2.24) is 4.98 Å². The smallest absolute Gasteiger partial charge is 0.408 e. The Hall–Kier alpha value is -1.99. The fraction of sp³-hybridized carbons (Fsp3) is 0.462.